The number of hydrogen-bond donors (Lipinski definition) is 1. The summed E-state index contributed by atoms with van der Waals surface area (Å²) >= 11 is 0. The van der Waals surface area contributed by atoms with Crippen LogP contribution in [0.1, 0.15) is 45.4 Å². The molecular weight excluding hydrogens is 186 g/mol. The number of hydrogen-bond acceptors (Lipinski definition) is 1. The molecule has 0 radical (unpaired) electrons. The summed E-state index contributed by atoms with van der Waals surface area (Å²) in [7, 11) is 0. The second-order valence-electron chi connectivity index (χ2n) is 4.97. The van der Waals surface area contributed by atoms with Crippen molar-refractivity contribution >= 4 is 5.91 Å². The maximum Gasteiger partial charge on any atom is 0.223 e. The van der Waals surface area contributed by atoms with Crippen LogP contribution in [0.5, 0.6) is 0 Å². The van der Waals surface area contributed by atoms with E-state index in [9.17, 15) is 4.79 Å². The molecule has 0 aliphatic heterocycles. The van der Waals surface area contributed by atoms with Crippen molar-refractivity contribution in [3.05, 3.63) is 11.6 Å². The van der Waals surface area contributed by atoms with E-state index in [0.29, 0.717) is 11.8 Å². The summed E-state index contributed by atoms with van der Waals surface area (Å²) in [6.07, 6.45) is 9.67. The Bertz CT molecular complexity index is 270. The van der Waals surface area contributed by atoms with Gasteiger partial charge in [0.2, 0.25) is 5.91 Å². The zero-order valence-electron chi connectivity index (χ0n) is 9.59. The molecule has 0 saturated heterocycles. The van der Waals surface area contributed by atoms with Crippen molar-refractivity contribution in [3.63, 3.8) is 0 Å². The van der Waals surface area contributed by atoms with E-state index in [2.05, 4.69) is 18.3 Å². The highest BCUT2D eigenvalue weighted by atomic mass is 16.2. The molecule has 2 rings (SSSR count). The first-order valence-corrected chi connectivity index (χ1v) is 6.23. The molecule has 1 saturated carbocycles. The molecule has 0 bridgehead atoms. The molecule has 15 heavy (non-hydrogen) atoms. The fraction of sp³-hybridized carbons (Fsp3) is 0.769. The third-order valence-electron chi connectivity index (χ3n) is 3.58. The third kappa shape index (κ3) is 3.08. The molecule has 1 fully saturated rings. The Morgan fingerprint density at radius 3 is 2.93 bits per heavy atom. The van der Waals surface area contributed by atoms with Crippen LogP contribution in [-0.4, -0.2) is 12.5 Å². The van der Waals surface area contributed by atoms with Crippen LogP contribution in [0.2, 0.25) is 0 Å². The first-order chi connectivity index (χ1) is 7.27. The molecule has 0 heterocycles. The zero-order chi connectivity index (χ0) is 10.7. The number of carbonyl (C=O) groups is 1. The van der Waals surface area contributed by atoms with Gasteiger partial charge in [0, 0.05) is 12.5 Å². The van der Waals surface area contributed by atoms with Crippen LogP contribution in [0.15, 0.2) is 11.6 Å². The average Bonchev–Trinajstić information content (AvgIpc) is 2.97. The van der Waals surface area contributed by atoms with Gasteiger partial charge in [0.1, 0.15) is 0 Å². The summed E-state index contributed by atoms with van der Waals surface area (Å²) < 4.78 is 0. The van der Waals surface area contributed by atoms with Crippen molar-refractivity contribution in [3.8, 4) is 0 Å². The van der Waals surface area contributed by atoms with Crippen LogP contribution in [-0.2, 0) is 4.79 Å². The number of carbonyl (C=O) groups excluding carboxylic acids is 1. The summed E-state index contributed by atoms with van der Waals surface area (Å²) in [5, 5.41) is 3.04. The molecule has 2 atom stereocenters. The van der Waals surface area contributed by atoms with E-state index < -0.39 is 0 Å². The zero-order valence-corrected chi connectivity index (χ0v) is 9.59. The summed E-state index contributed by atoms with van der Waals surface area (Å²) in [6, 6.07) is 0. The van der Waals surface area contributed by atoms with Crippen molar-refractivity contribution in [2.45, 2.75) is 45.4 Å². The Balaban J connectivity index is 1.62. The maximum absolute atomic E-state index is 11.5. The highest BCUT2D eigenvalue weighted by Gasteiger charge is 2.38. The molecular formula is C13H21NO. The number of amides is 1. The van der Waals surface area contributed by atoms with E-state index >= 15 is 0 Å². The predicted molar refractivity (Wildman–Crippen MR) is 61.4 cm³/mol. The SMILES string of the molecule is C[C@H]1C[C@H]1C(=O)NCCC1=CCCCC1. The topological polar surface area (TPSA) is 29.1 Å². The van der Waals surface area contributed by atoms with Crippen LogP contribution in [0.25, 0.3) is 0 Å². The van der Waals surface area contributed by atoms with Crippen molar-refractivity contribution in [2.24, 2.45) is 11.8 Å². The van der Waals surface area contributed by atoms with Gasteiger partial charge in [0.05, 0.1) is 0 Å². The molecule has 2 heteroatoms. The summed E-state index contributed by atoms with van der Waals surface area (Å²) in [6.45, 7) is 2.99. The normalized spacial score (nSPS) is 29.5. The molecule has 0 aromatic rings. The first-order valence-electron chi connectivity index (χ1n) is 6.23. The van der Waals surface area contributed by atoms with Crippen molar-refractivity contribution in [2.75, 3.05) is 6.54 Å². The van der Waals surface area contributed by atoms with Crippen LogP contribution in [0, 0.1) is 11.8 Å². The molecule has 0 aromatic carbocycles. The Morgan fingerprint density at radius 1 is 1.53 bits per heavy atom. The largest absolute Gasteiger partial charge is 0.356 e. The monoisotopic (exact) mass is 207 g/mol. The molecule has 1 amide bonds. The second-order valence-corrected chi connectivity index (χ2v) is 4.97. The van der Waals surface area contributed by atoms with E-state index in [1.54, 1.807) is 5.57 Å². The van der Waals surface area contributed by atoms with Gasteiger partial charge >= 0.3 is 0 Å². The molecule has 0 aromatic heterocycles. The second kappa shape index (κ2) is 4.82. The lowest BCUT2D eigenvalue weighted by Crippen LogP contribution is -2.26. The minimum absolute atomic E-state index is 0.277. The number of nitrogens with one attached hydrogen (secondary N) is 1. The lowest BCUT2D eigenvalue weighted by Gasteiger charge is -2.12. The minimum atomic E-state index is 0.277. The van der Waals surface area contributed by atoms with Crippen molar-refractivity contribution in [1.29, 1.82) is 0 Å². The van der Waals surface area contributed by atoms with Gasteiger partial charge in [0.15, 0.2) is 0 Å². The maximum atomic E-state index is 11.5. The Hall–Kier alpha value is -0.790. The highest BCUT2D eigenvalue weighted by Crippen LogP contribution is 2.37. The fourth-order valence-electron chi connectivity index (χ4n) is 2.30. The van der Waals surface area contributed by atoms with Gasteiger partial charge in [-0.25, -0.2) is 0 Å². The lowest BCUT2D eigenvalue weighted by molar-refractivity contribution is -0.122. The first kappa shape index (κ1) is 10.7. The molecule has 84 valence electrons. The molecule has 0 unspecified atom stereocenters. The molecule has 2 nitrogen and oxygen atoms in total. The average molecular weight is 207 g/mol. The lowest BCUT2D eigenvalue weighted by atomic mass is 9.97. The Morgan fingerprint density at radius 2 is 2.33 bits per heavy atom. The Labute approximate surface area is 92.1 Å². The van der Waals surface area contributed by atoms with E-state index in [1.165, 1.54) is 25.7 Å². The van der Waals surface area contributed by atoms with Crippen molar-refractivity contribution < 1.29 is 4.79 Å². The molecule has 1 N–H and O–H groups in total. The fourth-order valence-corrected chi connectivity index (χ4v) is 2.30. The van der Waals surface area contributed by atoms with E-state index in [-0.39, 0.29) is 5.91 Å². The van der Waals surface area contributed by atoms with E-state index in [1.807, 2.05) is 0 Å². The van der Waals surface area contributed by atoms with Gasteiger partial charge in [-0.05, 0) is 44.4 Å². The van der Waals surface area contributed by atoms with Gasteiger partial charge in [0.25, 0.3) is 0 Å². The summed E-state index contributed by atoms with van der Waals surface area (Å²) in [4.78, 5) is 11.5. The van der Waals surface area contributed by atoms with Gasteiger partial charge in [-0.1, -0.05) is 18.6 Å². The van der Waals surface area contributed by atoms with Gasteiger partial charge in [-0.15, -0.1) is 0 Å². The molecule has 0 spiro atoms. The molecule has 2 aliphatic rings. The third-order valence-corrected chi connectivity index (χ3v) is 3.58. The van der Waals surface area contributed by atoms with Gasteiger partial charge in [-0.3, -0.25) is 4.79 Å². The summed E-state index contributed by atoms with van der Waals surface area (Å²) in [5.41, 5.74) is 1.55. The highest BCUT2D eigenvalue weighted by molar-refractivity contribution is 5.81. The standard InChI is InChI=1S/C13H21NO/c1-10-9-12(10)13(15)14-8-7-11-5-3-2-4-6-11/h5,10,12H,2-4,6-9H2,1H3,(H,14,15)/t10-,12+/m0/s1. The van der Waals surface area contributed by atoms with Crippen LogP contribution in [0.4, 0.5) is 0 Å². The smallest absolute Gasteiger partial charge is 0.223 e. The van der Waals surface area contributed by atoms with E-state index in [4.69, 9.17) is 0 Å². The van der Waals surface area contributed by atoms with Gasteiger partial charge < -0.3 is 5.32 Å². The van der Waals surface area contributed by atoms with Crippen LogP contribution in [0.3, 0.4) is 0 Å². The van der Waals surface area contributed by atoms with Crippen LogP contribution < -0.4 is 5.32 Å². The van der Waals surface area contributed by atoms with Crippen LogP contribution >= 0.6 is 0 Å². The number of allylic oxidation sites excluding steroid dienone is 1. The quantitative estimate of drug-likeness (QED) is 0.705. The van der Waals surface area contributed by atoms with Gasteiger partial charge in [-0.2, -0.15) is 0 Å². The molecule has 2 aliphatic carbocycles. The summed E-state index contributed by atoms with van der Waals surface area (Å²) in [5.74, 6) is 1.23. The number of rotatable bonds is 4. The predicted octanol–water partition coefficient (Wildman–Crippen LogP) is 2.65. The Kier molecular flexibility index (Phi) is 3.45. The van der Waals surface area contributed by atoms with E-state index in [0.717, 1.165) is 19.4 Å². The van der Waals surface area contributed by atoms with Crippen molar-refractivity contribution in [1.82, 2.24) is 5.32 Å². The minimum Gasteiger partial charge on any atom is -0.356 e.